The normalized spacial score (nSPS) is 10.8. The summed E-state index contributed by atoms with van der Waals surface area (Å²) in [4.78, 5) is 23.0. The van der Waals surface area contributed by atoms with Gasteiger partial charge in [-0.1, -0.05) is 6.07 Å². The lowest BCUT2D eigenvalue weighted by molar-refractivity contribution is 0.0949. The predicted molar refractivity (Wildman–Crippen MR) is 75.9 cm³/mol. The zero-order valence-electron chi connectivity index (χ0n) is 11.4. The summed E-state index contributed by atoms with van der Waals surface area (Å²) >= 11 is 0. The number of rotatable bonds is 4. The van der Waals surface area contributed by atoms with E-state index in [2.05, 4.69) is 20.7 Å². The van der Waals surface area contributed by atoms with Crippen LogP contribution in [0.1, 0.15) is 21.6 Å². The van der Waals surface area contributed by atoms with Crippen molar-refractivity contribution in [2.45, 2.75) is 6.92 Å². The van der Waals surface area contributed by atoms with Crippen molar-refractivity contribution >= 4 is 12.1 Å². The lowest BCUT2D eigenvalue weighted by atomic mass is 10.2. The van der Waals surface area contributed by atoms with E-state index < -0.39 is 5.91 Å². The van der Waals surface area contributed by atoms with Gasteiger partial charge >= 0.3 is 0 Å². The lowest BCUT2D eigenvalue weighted by Gasteiger charge is -2.04. The van der Waals surface area contributed by atoms with E-state index in [-0.39, 0.29) is 22.6 Å². The Morgan fingerprint density at radius 2 is 2.19 bits per heavy atom. The number of nitrogens with one attached hydrogen (secondary N) is 3. The Morgan fingerprint density at radius 3 is 2.81 bits per heavy atom. The molecule has 0 aliphatic heterocycles. The van der Waals surface area contributed by atoms with Gasteiger partial charge in [0.1, 0.15) is 5.69 Å². The molecule has 1 aromatic carbocycles. The zero-order valence-corrected chi connectivity index (χ0v) is 11.4. The molecule has 21 heavy (non-hydrogen) atoms. The van der Waals surface area contributed by atoms with Gasteiger partial charge in [-0.3, -0.25) is 19.8 Å². The Kier molecular flexibility index (Phi) is 4.07. The zero-order chi connectivity index (χ0) is 15.4. The number of aromatic nitrogens is 2. The average molecular weight is 290 g/mol. The molecular formula is C13H14N4O4. The second-order valence-corrected chi connectivity index (χ2v) is 4.18. The van der Waals surface area contributed by atoms with Crippen molar-refractivity contribution in [1.82, 2.24) is 15.6 Å². The van der Waals surface area contributed by atoms with Gasteiger partial charge in [-0.2, -0.15) is 5.10 Å². The molecule has 0 aliphatic rings. The average Bonchev–Trinajstić information content (AvgIpc) is 2.81. The Labute approximate surface area is 119 Å². The molecule has 0 unspecified atom stereocenters. The number of hydrogen-bond acceptors (Lipinski definition) is 5. The number of phenols is 1. The maximum atomic E-state index is 11.8. The van der Waals surface area contributed by atoms with E-state index in [0.717, 1.165) is 0 Å². The Balaban J connectivity index is 2.11. The molecule has 0 atom stereocenters. The van der Waals surface area contributed by atoms with Gasteiger partial charge in [-0.15, -0.1) is 0 Å². The van der Waals surface area contributed by atoms with Crippen LogP contribution in [0.25, 0.3) is 0 Å². The summed E-state index contributed by atoms with van der Waals surface area (Å²) in [6, 6.07) is 4.88. The quantitative estimate of drug-likeness (QED) is 0.484. The van der Waals surface area contributed by atoms with E-state index in [9.17, 15) is 14.7 Å². The van der Waals surface area contributed by atoms with Gasteiger partial charge in [0.25, 0.3) is 11.5 Å². The van der Waals surface area contributed by atoms with Crippen molar-refractivity contribution < 1.29 is 14.6 Å². The summed E-state index contributed by atoms with van der Waals surface area (Å²) in [5, 5.41) is 18.3. The van der Waals surface area contributed by atoms with Crippen LogP contribution in [0.5, 0.6) is 11.5 Å². The van der Waals surface area contributed by atoms with E-state index in [0.29, 0.717) is 11.3 Å². The number of H-pyrrole nitrogens is 2. The highest BCUT2D eigenvalue weighted by Gasteiger charge is 2.12. The molecule has 8 nitrogen and oxygen atoms in total. The smallest absolute Gasteiger partial charge is 0.289 e. The number of nitrogens with zero attached hydrogens (tertiary/aromatic N) is 1. The number of hydrogen-bond donors (Lipinski definition) is 4. The maximum Gasteiger partial charge on any atom is 0.289 e. The van der Waals surface area contributed by atoms with Crippen molar-refractivity contribution in [2.24, 2.45) is 5.10 Å². The van der Waals surface area contributed by atoms with E-state index in [4.69, 9.17) is 4.74 Å². The van der Waals surface area contributed by atoms with Crippen molar-refractivity contribution in [2.75, 3.05) is 7.11 Å². The second-order valence-electron chi connectivity index (χ2n) is 4.18. The van der Waals surface area contributed by atoms with E-state index in [1.807, 2.05) is 0 Å². The van der Waals surface area contributed by atoms with Gasteiger partial charge in [0.15, 0.2) is 11.5 Å². The fraction of sp³-hybridized carbons (Fsp3) is 0.154. The number of ether oxygens (including phenoxy) is 1. The van der Waals surface area contributed by atoms with Crippen LogP contribution in [0, 0.1) is 6.92 Å². The van der Waals surface area contributed by atoms with Gasteiger partial charge in [-0.25, -0.2) is 5.43 Å². The van der Waals surface area contributed by atoms with E-state index >= 15 is 0 Å². The van der Waals surface area contributed by atoms with Gasteiger partial charge in [-0.05, 0) is 19.1 Å². The van der Waals surface area contributed by atoms with E-state index in [1.165, 1.54) is 20.2 Å². The van der Waals surface area contributed by atoms with Gasteiger partial charge in [0.05, 0.1) is 13.3 Å². The first-order valence-electron chi connectivity index (χ1n) is 6.01. The van der Waals surface area contributed by atoms with Crippen LogP contribution in [-0.2, 0) is 0 Å². The highest BCUT2D eigenvalue weighted by Crippen LogP contribution is 2.27. The third kappa shape index (κ3) is 2.94. The number of phenolic OH excluding ortho intramolecular Hbond substituents is 1. The summed E-state index contributed by atoms with van der Waals surface area (Å²) in [6.07, 6.45) is 1.27. The number of hydrazone groups is 1. The number of carbonyl (C=O) groups excluding carboxylic acids is 1. The third-order valence-corrected chi connectivity index (χ3v) is 2.86. The molecular weight excluding hydrogens is 276 g/mol. The monoisotopic (exact) mass is 290 g/mol. The minimum absolute atomic E-state index is 0.0794. The number of aromatic amines is 2. The summed E-state index contributed by atoms with van der Waals surface area (Å²) in [6.45, 7) is 1.52. The number of benzene rings is 1. The first kappa shape index (κ1) is 14.4. The summed E-state index contributed by atoms with van der Waals surface area (Å²) in [5.41, 5.74) is 2.65. The number of aromatic hydroxyl groups is 1. The molecule has 4 N–H and O–H groups in total. The number of carbonyl (C=O) groups is 1. The lowest BCUT2D eigenvalue weighted by Crippen LogP contribution is -2.19. The summed E-state index contributed by atoms with van der Waals surface area (Å²) in [5.74, 6) is -0.343. The van der Waals surface area contributed by atoms with Crippen LogP contribution in [0.15, 0.2) is 28.1 Å². The van der Waals surface area contributed by atoms with Crippen molar-refractivity contribution in [3.05, 3.63) is 45.4 Å². The fourth-order valence-corrected chi connectivity index (χ4v) is 1.67. The molecule has 1 amide bonds. The van der Waals surface area contributed by atoms with Gasteiger partial charge in [0.2, 0.25) is 0 Å². The van der Waals surface area contributed by atoms with Crippen molar-refractivity contribution in [3.63, 3.8) is 0 Å². The Hall–Kier alpha value is -3.03. The third-order valence-electron chi connectivity index (χ3n) is 2.86. The fourth-order valence-electron chi connectivity index (χ4n) is 1.67. The molecule has 0 fully saturated rings. The standard InChI is InChI=1S/C13H14N4O4/c1-7-10(15-17-12(7)19)13(20)16-14-6-8-4-3-5-9(21-2)11(8)18/h3-6,18H,1-2H3,(H,16,20)(H2,15,17,19)/b14-6+. The minimum Gasteiger partial charge on any atom is -0.504 e. The van der Waals surface area contributed by atoms with Crippen LogP contribution < -0.4 is 15.7 Å². The summed E-state index contributed by atoms with van der Waals surface area (Å²) in [7, 11) is 1.43. The molecule has 1 aromatic heterocycles. The number of amides is 1. The SMILES string of the molecule is COc1cccc(/C=N/NC(=O)c2[nH][nH]c(=O)c2C)c1O. The molecule has 0 spiro atoms. The Bertz CT molecular complexity index is 745. The molecule has 0 bridgehead atoms. The maximum absolute atomic E-state index is 11.8. The Morgan fingerprint density at radius 1 is 1.43 bits per heavy atom. The largest absolute Gasteiger partial charge is 0.504 e. The van der Waals surface area contributed by atoms with Crippen molar-refractivity contribution in [3.8, 4) is 11.5 Å². The van der Waals surface area contributed by atoms with Crippen LogP contribution in [0.2, 0.25) is 0 Å². The number of methoxy groups -OCH3 is 1. The number of para-hydroxylation sites is 1. The molecule has 110 valence electrons. The van der Waals surface area contributed by atoms with Crippen LogP contribution >= 0.6 is 0 Å². The molecule has 0 aliphatic carbocycles. The predicted octanol–water partition coefficient (Wildman–Crippen LogP) is 0.490. The molecule has 0 saturated heterocycles. The first-order chi connectivity index (χ1) is 10.0. The molecule has 8 heteroatoms. The van der Waals surface area contributed by atoms with Crippen LogP contribution in [0.3, 0.4) is 0 Å². The first-order valence-corrected chi connectivity index (χ1v) is 6.01. The highest BCUT2D eigenvalue weighted by molar-refractivity contribution is 5.94. The van der Waals surface area contributed by atoms with Crippen LogP contribution in [-0.4, -0.2) is 34.5 Å². The minimum atomic E-state index is -0.565. The topological polar surface area (TPSA) is 120 Å². The molecule has 0 saturated carbocycles. The highest BCUT2D eigenvalue weighted by atomic mass is 16.5. The van der Waals surface area contributed by atoms with E-state index in [1.54, 1.807) is 18.2 Å². The molecule has 2 aromatic rings. The van der Waals surface area contributed by atoms with Gasteiger partial charge in [0, 0.05) is 11.1 Å². The molecule has 1 heterocycles. The van der Waals surface area contributed by atoms with Crippen LogP contribution in [0.4, 0.5) is 0 Å². The molecule has 0 radical (unpaired) electrons. The van der Waals surface area contributed by atoms with Gasteiger partial charge < -0.3 is 9.84 Å². The molecule has 2 rings (SSSR count). The second kappa shape index (κ2) is 5.95. The summed E-state index contributed by atoms with van der Waals surface area (Å²) < 4.78 is 4.96. The van der Waals surface area contributed by atoms with Crippen molar-refractivity contribution in [1.29, 1.82) is 0 Å².